The molecule has 0 aliphatic carbocycles. The van der Waals surface area contributed by atoms with Crippen LogP contribution in [0.4, 0.5) is 14.5 Å². The van der Waals surface area contributed by atoms with E-state index in [1.807, 2.05) is 0 Å². The Labute approximate surface area is 139 Å². The van der Waals surface area contributed by atoms with Gasteiger partial charge in [0.2, 0.25) is 0 Å². The van der Waals surface area contributed by atoms with Gasteiger partial charge >= 0.3 is 6.61 Å². The van der Waals surface area contributed by atoms with E-state index < -0.39 is 12.5 Å². The van der Waals surface area contributed by atoms with E-state index in [9.17, 15) is 13.6 Å². The molecular formula is C14H8Cl3F2NO2. The number of benzene rings is 2. The summed E-state index contributed by atoms with van der Waals surface area (Å²) in [6, 6.07) is 8.34. The Bertz CT molecular complexity index is 710. The van der Waals surface area contributed by atoms with Crippen LogP contribution in [0.3, 0.4) is 0 Å². The summed E-state index contributed by atoms with van der Waals surface area (Å²) in [5, 5.41) is 3.06. The topological polar surface area (TPSA) is 38.3 Å². The standard InChI is InChI=1S/C14H8Cl3F2NO2/c15-7-1-3-10(16)9(5-7)13(21)20-8-2-4-12(11(17)6-8)22-14(18)19/h1-6,14H,(H,20,21). The number of ether oxygens (including phenoxy) is 1. The third kappa shape index (κ3) is 4.22. The van der Waals surface area contributed by atoms with Crippen LogP contribution in [0, 0.1) is 0 Å². The number of nitrogens with one attached hydrogen (secondary N) is 1. The van der Waals surface area contributed by atoms with E-state index in [2.05, 4.69) is 10.1 Å². The Morgan fingerprint density at radius 3 is 2.41 bits per heavy atom. The summed E-state index contributed by atoms with van der Waals surface area (Å²) in [6.45, 7) is -2.98. The minimum atomic E-state index is -2.98. The van der Waals surface area contributed by atoms with Crippen LogP contribution in [0.1, 0.15) is 10.4 Å². The lowest BCUT2D eigenvalue weighted by molar-refractivity contribution is -0.0497. The lowest BCUT2D eigenvalue weighted by Gasteiger charge is -2.10. The van der Waals surface area contributed by atoms with Gasteiger partial charge in [-0.3, -0.25) is 4.79 Å². The Hall–Kier alpha value is -1.56. The van der Waals surface area contributed by atoms with Gasteiger partial charge in [0.05, 0.1) is 15.6 Å². The molecule has 0 spiro atoms. The van der Waals surface area contributed by atoms with Crippen molar-refractivity contribution in [3.05, 3.63) is 57.0 Å². The molecule has 3 nitrogen and oxygen atoms in total. The summed E-state index contributed by atoms with van der Waals surface area (Å²) in [4.78, 5) is 12.1. The van der Waals surface area contributed by atoms with Gasteiger partial charge < -0.3 is 10.1 Å². The third-order valence-electron chi connectivity index (χ3n) is 2.58. The number of alkyl halides is 2. The molecule has 0 bridgehead atoms. The molecule has 0 atom stereocenters. The molecule has 0 fully saturated rings. The van der Waals surface area contributed by atoms with Crippen LogP contribution in [0.15, 0.2) is 36.4 Å². The highest BCUT2D eigenvalue weighted by atomic mass is 35.5. The van der Waals surface area contributed by atoms with Gasteiger partial charge in [0.1, 0.15) is 5.75 Å². The minimum Gasteiger partial charge on any atom is -0.433 e. The van der Waals surface area contributed by atoms with Gasteiger partial charge in [0.15, 0.2) is 0 Å². The van der Waals surface area contributed by atoms with Gasteiger partial charge in [-0.05, 0) is 36.4 Å². The Balaban J connectivity index is 2.18. The SMILES string of the molecule is O=C(Nc1ccc(OC(F)F)c(Cl)c1)c1cc(Cl)ccc1Cl. The van der Waals surface area contributed by atoms with E-state index in [4.69, 9.17) is 34.8 Å². The molecule has 0 radical (unpaired) electrons. The number of carbonyl (C=O) groups excluding carboxylic acids is 1. The first-order chi connectivity index (χ1) is 10.4. The molecule has 2 aromatic carbocycles. The van der Waals surface area contributed by atoms with Crippen LogP contribution in [0.2, 0.25) is 15.1 Å². The van der Waals surface area contributed by atoms with E-state index in [0.717, 1.165) is 0 Å². The quantitative estimate of drug-likeness (QED) is 0.776. The van der Waals surface area contributed by atoms with Gasteiger partial charge in [-0.2, -0.15) is 8.78 Å². The molecule has 2 aromatic rings. The number of hydrogen-bond acceptors (Lipinski definition) is 2. The number of anilines is 1. The molecule has 0 saturated carbocycles. The highest BCUT2D eigenvalue weighted by molar-refractivity contribution is 6.36. The van der Waals surface area contributed by atoms with Crippen LogP contribution in [0.5, 0.6) is 5.75 Å². The van der Waals surface area contributed by atoms with Crippen molar-refractivity contribution < 1.29 is 18.3 Å². The van der Waals surface area contributed by atoms with Crippen molar-refractivity contribution in [3.63, 3.8) is 0 Å². The first kappa shape index (κ1) is 16.8. The molecule has 0 heterocycles. The molecule has 116 valence electrons. The number of hydrogen-bond donors (Lipinski definition) is 1. The molecule has 1 amide bonds. The number of carbonyl (C=O) groups is 1. The molecule has 2 rings (SSSR count). The van der Waals surface area contributed by atoms with Gasteiger partial charge in [-0.15, -0.1) is 0 Å². The average molecular weight is 367 g/mol. The fraction of sp³-hybridized carbons (Fsp3) is 0.0714. The maximum atomic E-state index is 12.1. The van der Waals surface area contributed by atoms with Crippen LogP contribution < -0.4 is 10.1 Å². The van der Waals surface area contributed by atoms with Crippen molar-refractivity contribution in [2.45, 2.75) is 6.61 Å². The van der Waals surface area contributed by atoms with Crippen LogP contribution in [-0.4, -0.2) is 12.5 Å². The molecular weight excluding hydrogens is 359 g/mol. The number of amides is 1. The minimum absolute atomic E-state index is 0.0599. The fourth-order valence-electron chi connectivity index (χ4n) is 1.64. The summed E-state index contributed by atoms with van der Waals surface area (Å²) in [6.07, 6.45) is 0. The van der Waals surface area contributed by atoms with Crippen molar-refractivity contribution >= 4 is 46.4 Å². The van der Waals surface area contributed by atoms with Gasteiger partial charge in [-0.25, -0.2) is 0 Å². The largest absolute Gasteiger partial charge is 0.433 e. The molecule has 1 N–H and O–H groups in total. The molecule has 0 aliphatic heterocycles. The van der Waals surface area contributed by atoms with Crippen LogP contribution >= 0.6 is 34.8 Å². The predicted molar refractivity (Wildman–Crippen MR) is 82.5 cm³/mol. The van der Waals surface area contributed by atoms with E-state index in [1.165, 1.54) is 30.3 Å². The Kier molecular flexibility index (Phi) is 5.45. The van der Waals surface area contributed by atoms with Gasteiger partial charge in [0, 0.05) is 10.7 Å². The predicted octanol–water partition coefficient (Wildman–Crippen LogP) is 5.50. The molecule has 0 unspecified atom stereocenters. The van der Waals surface area contributed by atoms with Crippen molar-refractivity contribution in [1.29, 1.82) is 0 Å². The summed E-state index contributed by atoms with van der Waals surface area (Å²) in [5.41, 5.74) is 0.478. The van der Waals surface area contributed by atoms with Gasteiger partial charge in [0.25, 0.3) is 5.91 Å². The Morgan fingerprint density at radius 2 is 1.77 bits per heavy atom. The highest BCUT2D eigenvalue weighted by Crippen LogP contribution is 2.29. The second-order valence-electron chi connectivity index (χ2n) is 4.10. The van der Waals surface area contributed by atoms with Crippen LogP contribution in [0.25, 0.3) is 0 Å². The van der Waals surface area contributed by atoms with Crippen LogP contribution in [-0.2, 0) is 0 Å². The third-order valence-corrected chi connectivity index (χ3v) is 3.44. The van der Waals surface area contributed by atoms with Crippen molar-refractivity contribution in [1.82, 2.24) is 0 Å². The second-order valence-corrected chi connectivity index (χ2v) is 5.35. The first-order valence-electron chi connectivity index (χ1n) is 5.87. The molecule has 8 heteroatoms. The fourth-order valence-corrected chi connectivity index (χ4v) is 2.24. The molecule has 22 heavy (non-hydrogen) atoms. The Morgan fingerprint density at radius 1 is 1.05 bits per heavy atom. The smallest absolute Gasteiger partial charge is 0.387 e. The van der Waals surface area contributed by atoms with Gasteiger partial charge in [-0.1, -0.05) is 34.8 Å². The summed E-state index contributed by atoms with van der Waals surface area (Å²) in [5.74, 6) is -0.693. The van der Waals surface area contributed by atoms with E-state index in [0.29, 0.717) is 10.7 Å². The highest BCUT2D eigenvalue weighted by Gasteiger charge is 2.13. The van der Waals surface area contributed by atoms with Crippen molar-refractivity contribution in [3.8, 4) is 5.75 Å². The van der Waals surface area contributed by atoms with E-state index in [1.54, 1.807) is 6.07 Å². The zero-order chi connectivity index (χ0) is 16.3. The maximum absolute atomic E-state index is 12.1. The second kappa shape index (κ2) is 7.13. The summed E-state index contributed by atoms with van der Waals surface area (Å²) in [7, 11) is 0. The number of rotatable bonds is 4. The molecule has 0 saturated heterocycles. The summed E-state index contributed by atoms with van der Waals surface area (Å²) >= 11 is 17.5. The molecule has 0 aromatic heterocycles. The number of halogens is 5. The first-order valence-corrected chi connectivity index (χ1v) is 7.01. The zero-order valence-electron chi connectivity index (χ0n) is 10.7. The normalized spacial score (nSPS) is 10.6. The maximum Gasteiger partial charge on any atom is 0.387 e. The zero-order valence-corrected chi connectivity index (χ0v) is 13.0. The van der Waals surface area contributed by atoms with Crippen molar-refractivity contribution in [2.75, 3.05) is 5.32 Å². The lowest BCUT2D eigenvalue weighted by atomic mass is 10.2. The summed E-state index contributed by atoms with van der Waals surface area (Å²) < 4.78 is 28.5. The molecule has 0 aliphatic rings. The van der Waals surface area contributed by atoms with Crippen molar-refractivity contribution in [2.24, 2.45) is 0 Å². The van der Waals surface area contributed by atoms with E-state index >= 15 is 0 Å². The monoisotopic (exact) mass is 365 g/mol. The van der Waals surface area contributed by atoms with E-state index in [-0.39, 0.29) is 21.4 Å². The average Bonchev–Trinajstić information content (AvgIpc) is 2.44. The lowest BCUT2D eigenvalue weighted by Crippen LogP contribution is -2.12.